The molecule has 1 aromatic carbocycles. The summed E-state index contributed by atoms with van der Waals surface area (Å²) in [7, 11) is 3.26. The molecule has 1 amide bonds. The molecule has 0 saturated carbocycles. The lowest BCUT2D eigenvalue weighted by Gasteiger charge is -2.31. The van der Waals surface area contributed by atoms with Crippen molar-refractivity contribution in [1.29, 1.82) is 0 Å². The average molecular weight is 321 g/mol. The molecule has 0 aliphatic carbocycles. The van der Waals surface area contributed by atoms with E-state index in [2.05, 4.69) is 0 Å². The first-order chi connectivity index (χ1) is 11.2. The summed E-state index contributed by atoms with van der Waals surface area (Å²) < 4.78 is 21.7. The van der Waals surface area contributed by atoms with Gasteiger partial charge in [-0.25, -0.2) is 0 Å². The van der Waals surface area contributed by atoms with Gasteiger partial charge in [0.1, 0.15) is 11.5 Å². The fourth-order valence-corrected chi connectivity index (χ4v) is 3.26. The lowest BCUT2D eigenvalue weighted by atomic mass is 10.0. The zero-order chi connectivity index (χ0) is 16.2. The van der Waals surface area contributed by atoms with Crippen LogP contribution in [0.3, 0.4) is 0 Å². The Morgan fingerprint density at radius 3 is 2.83 bits per heavy atom. The van der Waals surface area contributed by atoms with Crippen molar-refractivity contribution in [2.45, 2.75) is 25.0 Å². The number of hydrogen-bond donors (Lipinski definition) is 0. The van der Waals surface area contributed by atoms with E-state index in [1.54, 1.807) is 14.2 Å². The topological polar surface area (TPSA) is 57.2 Å². The molecule has 2 aliphatic heterocycles. The van der Waals surface area contributed by atoms with Gasteiger partial charge in [-0.05, 0) is 25.0 Å². The zero-order valence-electron chi connectivity index (χ0n) is 13.6. The number of rotatable bonds is 4. The van der Waals surface area contributed by atoms with Crippen LogP contribution in [0, 0.1) is 0 Å². The Morgan fingerprint density at radius 2 is 2.13 bits per heavy atom. The Bertz CT molecular complexity index is 556. The molecular weight excluding hydrogens is 298 g/mol. The van der Waals surface area contributed by atoms with E-state index in [0.29, 0.717) is 19.8 Å². The number of benzene rings is 1. The van der Waals surface area contributed by atoms with Gasteiger partial charge in [0.15, 0.2) is 6.10 Å². The number of ether oxygens (including phenoxy) is 4. The highest BCUT2D eigenvalue weighted by atomic mass is 16.6. The number of likely N-dealkylation sites (tertiary alicyclic amines) is 1. The Balaban J connectivity index is 1.82. The summed E-state index contributed by atoms with van der Waals surface area (Å²) in [5.74, 6) is 1.49. The van der Waals surface area contributed by atoms with E-state index < -0.39 is 6.10 Å². The second-order valence-electron chi connectivity index (χ2n) is 5.73. The van der Waals surface area contributed by atoms with Crippen LogP contribution in [-0.4, -0.2) is 57.5 Å². The summed E-state index contributed by atoms with van der Waals surface area (Å²) in [5.41, 5.74) is 1.01. The third-order valence-corrected chi connectivity index (χ3v) is 4.43. The molecule has 2 heterocycles. The molecular formula is C17H23NO5. The van der Waals surface area contributed by atoms with Crippen molar-refractivity contribution >= 4 is 5.91 Å². The molecule has 0 aromatic heterocycles. The molecule has 1 aromatic rings. The van der Waals surface area contributed by atoms with Crippen molar-refractivity contribution in [2.24, 2.45) is 0 Å². The molecule has 2 saturated heterocycles. The molecule has 0 radical (unpaired) electrons. The maximum Gasteiger partial charge on any atom is 0.254 e. The highest BCUT2D eigenvalue weighted by Crippen LogP contribution is 2.39. The van der Waals surface area contributed by atoms with Crippen molar-refractivity contribution in [3.63, 3.8) is 0 Å². The lowest BCUT2D eigenvalue weighted by Crippen LogP contribution is -2.45. The Morgan fingerprint density at radius 1 is 1.26 bits per heavy atom. The summed E-state index contributed by atoms with van der Waals surface area (Å²) >= 11 is 0. The number of carbonyl (C=O) groups is 1. The number of amides is 1. The molecule has 23 heavy (non-hydrogen) atoms. The lowest BCUT2D eigenvalue weighted by molar-refractivity contribution is -0.158. The summed E-state index contributed by atoms with van der Waals surface area (Å²) in [4.78, 5) is 14.7. The van der Waals surface area contributed by atoms with E-state index in [1.807, 2.05) is 23.1 Å². The first-order valence-electron chi connectivity index (χ1n) is 7.96. The van der Waals surface area contributed by atoms with Gasteiger partial charge in [-0.3, -0.25) is 4.79 Å². The van der Waals surface area contributed by atoms with Crippen LogP contribution >= 0.6 is 0 Å². The molecule has 6 nitrogen and oxygen atoms in total. The van der Waals surface area contributed by atoms with Gasteiger partial charge in [0.05, 0.1) is 40.1 Å². The molecule has 2 atom stereocenters. The van der Waals surface area contributed by atoms with Crippen LogP contribution in [-0.2, 0) is 14.3 Å². The first-order valence-corrected chi connectivity index (χ1v) is 7.96. The monoisotopic (exact) mass is 321 g/mol. The number of carbonyl (C=O) groups excluding carboxylic acids is 1. The molecule has 0 spiro atoms. The summed E-state index contributed by atoms with van der Waals surface area (Å²) in [6.45, 7) is 2.10. The summed E-state index contributed by atoms with van der Waals surface area (Å²) in [6, 6.07) is 5.75. The van der Waals surface area contributed by atoms with Crippen LogP contribution in [0.4, 0.5) is 0 Å². The van der Waals surface area contributed by atoms with Gasteiger partial charge in [-0.2, -0.15) is 0 Å². The Labute approximate surface area is 136 Å². The molecule has 2 fully saturated rings. The second-order valence-corrected chi connectivity index (χ2v) is 5.73. The Hall–Kier alpha value is -1.79. The van der Waals surface area contributed by atoms with Crippen molar-refractivity contribution in [1.82, 2.24) is 4.90 Å². The summed E-state index contributed by atoms with van der Waals surface area (Å²) in [5, 5.41) is 0. The van der Waals surface area contributed by atoms with Crippen LogP contribution in [0.2, 0.25) is 0 Å². The standard InChI is InChI=1S/C17H23NO5/c1-20-12-5-6-13(15(10-12)21-2)14-4-3-7-18(14)17(19)16-11-22-8-9-23-16/h5-6,10,14,16H,3-4,7-9,11H2,1-2H3/t14-,16+/m0/s1. The van der Waals surface area contributed by atoms with E-state index in [4.69, 9.17) is 18.9 Å². The molecule has 0 N–H and O–H groups in total. The van der Waals surface area contributed by atoms with Crippen LogP contribution in [0.25, 0.3) is 0 Å². The van der Waals surface area contributed by atoms with Gasteiger partial charge in [0.25, 0.3) is 5.91 Å². The van der Waals surface area contributed by atoms with Gasteiger partial charge in [-0.1, -0.05) is 0 Å². The van der Waals surface area contributed by atoms with Crippen molar-refractivity contribution in [2.75, 3.05) is 40.6 Å². The van der Waals surface area contributed by atoms with E-state index in [0.717, 1.165) is 36.4 Å². The fraction of sp³-hybridized carbons (Fsp3) is 0.588. The van der Waals surface area contributed by atoms with Gasteiger partial charge in [0.2, 0.25) is 0 Å². The van der Waals surface area contributed by atoms with E-state index in [9.17, 15) is 4.79 Å². The third kappa shape index (κ3) is 3.28. The first kappa shape index (κ1) is 16.1. The molecule has 3 rings (SSSR count). The maximum atomic E-state index is 12.8. The normalized spacial score (nSPS) is 24.5. The molecule has 126 valence electrons. The van der Waals surface area contributed by atoms with Crippen molar-refractivity contribution in [3.8, 4) is 11.5 Å². The highest BCUT2D eigenvalue weighted by molar-refractivity contribution is 5.82. The minimum Gasteiger partial charge on any atom is -0.497 e. The summed E-state index contributed by atoms with van der Waals surface area (Å²) in [6.07, 6.45) is 1.40. The molecule has 6 heteroatoms. The molecule has 2 aliphatic rings. The van der Waals surface area contributed by atoms with E-state index >= 15 is 0 Å². The minimum absolute atomic E-state index is 0.00470. The van der Waals surface area contributed by atoms with Gasteiger partial charge in [0, 0.05) is 18.2 Å². The number of methoxy groups -OCH3 is 2. The quantitative estimate of drug-likeness (QED) is 0.846. The zero-order valence-corrected chi connectivity index (χ0v) is 13.6. The predicted molar refractivity (Wildman–Crippen MR) is 83.8 cm³/mol. The van der Waals surface area contributed by atoms with Crippen LogP contribution < -0.4 is 9.47 Å². The van der Waals surface area contributed by atoms with Crippen molar-refractivity contribution in [3.05, 3.63) is 23.8 Å². The SMILES string of the molecule is COc1ccc([C@@H]2CCCN2C(=O)[C@H]2COCCO2)c(OC)c1. The average Bonchev–Trinajstić information content (AvgIpc) is 3.10. The number of nitrogens with zero attached hydrogens (tertiary/aromatic N) is 1. The molecule has 0 bridgehead atoms. The maximum absolute atomic E-state index is 12.8. The predicted octanol–water partition coefficient (Wildman–Crippen LogP) is 1.78. The largest absolute Gasteiger partial charge is 0.497 e. The van der Waals surface area contributed by atoms with Crippen LogP contribution in [0.1, 0.15) is 24.4 Å². The molecule has 0 unspecified atom stereocenters. The minimum atomic E-state index is -0.492. The van der Waals surface area contributed by atoms with Gasteiger partial charge in [-0.15, -0.1) is 0 Å². The van der Waals surface area contributed by atoms with Gasteiger partial charge >= 0.3 is 0 Å². The Kier molecular flexibility index (Phi) is 5.03. The number of hydrogen-bond acceptors (Lipinski definition) is 5. The second kappa shape index (κ2) is 7.19. The fourth-order valence-electron chi connectivity index (χ4n) is 3.26. The van der Waals surface area contributed by atoms with Crippen LogP contribution in [0.15, 0.2) is 18.2 Å². The van der Waals surface area contributed by atoms with Gasteiger partial charge < -0.3 is 23.8 Å². The van der Waals surface area contributed by atoms with E-state index in [1.165, 1.54) is 0 Å². The smallest absolute Gasteiger partial charge is 0.254 e. The van der Waals surface area contributed by atoms with Crippen molar-refractivity contribution < 1.29 is 23.7 Å². The highest BCUT2D eigenvalue weighted by Gasteiger charge is 2.36. The van der Waals surface area contributed by atoms with E-state index in [-0.39, 0.29) is 11.9 Å². The van der Waals surface area contributed by atoms with Crippen LogP contribution in [0.5, 0.6) is 11.5 Å². The third-order valence-electron chi connectivity index (χ3n) is 4.43.